The Labute approximate surface area is 128 Å². The van der Waals surface area contributed by atoms with E-state index in [1.54, 1.807) is 4.90 Å². The third-order valence-electron chi connectivity index (χ3n) is 3.55. The molecular formula is C14H21N3O3S. The van der Waals surface area contributed by atoms with Crippen molar-refractivity contribution >= 4 is 17.7 Å². The van der Waals surface area contributed by atoms with Crippen LogP contribution < -0.4 is 0 Å². The van der Waals surface area contributed by atoms with Crippen LogP contribution in [0.15, 0.2) is 5.03 Å². The normalized spacial score (nSPS) is 22.4. The quantitative estimate of drug-likeness (QED) is 0.664. The summed E-state index contributed by atoms with van der Waals surface area (Å²) in [6.45, 7) is 6.31. The number of aliphatic hydroxyl groups excluding tert-OH is 1. The molecule has 2 atom stereocenters. The van der Waals surface area contributed by atoms with Gasteiger partial charge in [-0.3, -0.25) is 4.79 Å². The monoisotopic (exact) mass is 311 g/mol. The van der Waals surface area contributed by atoms with Crippen LogP contribution in [0.4, 0.5) is 0 Å². The van der Waals surface area contributed by atoms with Crippen LogP contribution in [0.3, 0.4) is 0 Å². The van der Waals surface area contributed by atoms with E-state index in [0.717, 1.165) is 0 Å². The molecule has 1 aromatic rings. The maximum absolute atomic E-state index is 12.9. The largest absolute Gasteiger partial charge is 0.394 e. The molecule has 2 heterocycles. The topological polar surface area (TPSA) is 75.6 Å². The Morgan fingerprint density at radius 2 is 2.19 bits per heavy atom. The predicted octanol–water partition coefficient (Wildman–Crippen LogP) is 1.04. The fourth-order valence-corrected chi connectivity index (χ4v) is 3.09. The molecule has 1 fully saturated rings. The van der Waals surface area contributed by atoms with E-state index >= 15 is 0 Å². The minimum Gasteiger partial charge on any atom is -0.394 e. The highest BCUT2D eigenvalue weighted by Gasteiger charge is 2.32. The molecule has 1 aromatic heterocycles. The molecule has 116 valence electrons. The van der Waals surface area contributed by atoms with Crippen molar-refractivity contribution in [1.82, 2.24) is 14.9 Å². The van der Waals surface area contributed by atoms with Crippen LogP contribution in [-0.4, -0.2) is 64.0 Å². The van der Waals surface area contributed by atoms with Crippen molar-refractivity contribution in [2.24, 2.45) is 0 Å². The molecule has 1 saturated heterocycles. The van der Waals surface area contributed by atoms with Gasteiger partial charge in [-0.25, -0.2) is 9.97 Å². The van der Waals surface area contributed by atoms with Gasteiger partial charge in [0.2, 0.25) is 0 Å². The zero-order valence-electron chi connectivity index (χ0n) is 12.8. The predicted molar refractivity (Wildman–Crippen MR) is 80.6 cm³/mol. The number of morpholine rings is 1. The first-order valence-corrected chi connectivity index (χ1v) is 8.13. The number of aromatic nitrogens is 2. The average Bonchev–Trinajstić information content (AvgIpc) is 2.46. The molecule has 1 amide bonds. The first-order valence-electron chi connectivity index (χ1n) is 6.90. The molecule has 7 heteroatoms. The molecule has 2 rings (SSSR count). The summed E-state index contributed by atoms with van der Waals surface area (Å²) in [6.07, 6.45) is 1.58. The number of amides is 1. The van der Waals surface area contributed by atoms with Crippen molar-refractivity contribution in [3.63, 3.8) is 0 Å². The molecule has 0 aromatic carbocycles. The van der Waals surface area contributed by atoms with Crippen molar-refractivity contribution in [1.29, 1.82) is 0 Å². The minimum atomic E-state index is -0.324. The van der Waals surface area contributed by atoms with E-state index in [-0.39, 0.29) is 24.7 Å². The Balaban J connectivity index is 2.35. The average molecular weight is 311 g/mol. The fraction of sp³-hybridized carbons (Fsp3) is 0.643. The summed E-state index contributed by atoms with van der Waals surface area (Å²) in [7, 11) is 0. The highest BCUT2D eigenvalue weighted by molar-refractivity contribution is 7.98. The van der Waals surface area contributed by atoms with Gasteiger partial charge in [0, 0.05) is 6.54 Å². The Morgan fingerprint density at radius 3 is 2.81 bits per heavy atom. The summed E-state index contributed by atoms with van der Waals surface area (Å²) in [5.74, 6) is 0.572. The fourth-order valence-electron chi connectivity index (χ4n) is 2.43. The molecule has 21 heavy (non-hydrogen) atoms. The van der Waals surface area contributed by atoms with Gasteiger partial charge in [-0.2, -0.15) is 0 Å². The summed E-state index contributed by atoms with van der Waals surface area (Å²) >= 11 is 1.44. The number of ether oxygens (including phenoxy) is 1. The van der Waals surface area contributed by atoms with Gasteiger partial charge in [-0.05, 0) is 27.0 Å². The molecular weight excluding hydrogens is 290 g/mol. The second-order valence-electron chi connectivity index (χ2n) is 5.18. The zero-order valence-corrected chi connectivity index (χ0v) is 13.6. The molecule has 0 aliphatic carbocycles. The molecule has 0 bridgehead atoms. The van der Waals surface area contributed by atoms with Gasteiger partial charge >= 0.3 is 0 Å². The molecule has 1 aliphatic rings. The van der Waals surface area contributed by atoms with Crippen molar-refractivity contribution in [2.45, 2.75) is 37.9 Å². The summed E-state index contributed by atoms with van der Waals surface area (Å²) in [5, 5.41) is 9.95. The van der Waals surface area contributed by atoms with Crippen LogP contribution in [0, 0.1) is 13.8 Å². The van der Waals surface area contributed by atoms with E-state index in [2.05, 4.69) is 9.97 Å². The summed E-state index contributed by atoms with van der Waals surface area (Å²) < 4.78 is 5.48. The lowest BCUT2D eigenvalue weighted by Gasteiger charge is -2.37. The van der Waals surface area contributed by atoms with E-state index in [9.17, 15) is 9.90 Å². The van der Waals surface area contributed by atoms with E-state index in [4.69, 9.17) is 4.74 Å². The molecule has 1 aliphatic heterocycles. The van der Waals surface area contributed by atoms with Crippen LogP contribution in [0.5, 0.6) is 0 Å². The van der Waals surface area contributed by atoms with E-state index < -0.39 is 0 Å². The minimum absolute atomic E-state index is 0.0318. The van der Waals surface area contributed by atoms with Crippen molar-refractivity contribution in [2.75, 3.05) is 26.0 Å². The number of carbonyl (C=O) groups is 1. The van der Waals surface area contributed by atoms with Gasteiger partial charge in [-0.15, -0.1) is 11.8 Å². The number of rotatable bonds is 3. The summed E-state index contributed by atoms with van der Waals surface area (Å²) in [5.41, 5.74) is 1.25. The van der Waals surface area contributed by atoms with Gasteiger partial charge < -0.3 is 14.7 Å². The van der Waals surface area contributed by atoms with Crippen molar-refractivity contribution in [3.05, 3.63) is 17.1 Å². The Morgan fingerprint density at radius 1 is 1.48 bits per heavy atom. The van der Waals surface area contributed by atoms with E-state index in [0.29, 0.717) is 35.3 Å². The second-order valence-corrected chi connectivity index (χ2v) is 5.98. The lowest BCUT2D eigenvalue weighted by molar-refractivity contribution is -0.0668. The Bertz CT molecular complexity index is 538. The number of hydrogen-bond donors (Lipinski definition) is 1. The first kappa shape index (κ1) is 16.2. The highest BCUT2D eigenvalue weighted by atomic mass is 32.2. The number of nitrogens with zero attached hydrogens (tertiary/aromatic N) is 3. The lowest BCUT2D eigenvalue weighted by Crippen LogP contribution is -2.52. The molecule has 1 N–H and O–H groups in total. The number of aliphatic hydroxyl groups is 1. The zero-order chi connectivity index (χ0) is 15.6. The third kappa shape index (κ3) is 3.36. The highest BCUT2D eigenvalue weighted by Crippen LogP contribution is 2.24. The van der Waals surface area contributed by atoms with E-state index in [1.165, 1.54) is 11.8 Å². The smallest absolute Gasteiger partial charge is 0.258 e. The number of hydrogen-bond acceptors (Lipinski definition) is 6. The van der Waals surface area contributed by atoms with Crippen molar-refractivity contribution < 1.29 is 14.6 Å². The summed E-state index contributed by atoms with van der Waals surface area (Å²) in [6, 6.07) is -0.0318. The maximum Gasteiger partial charge on any atom is 0.258 e. The van der Waals surface area contributed by atoms with E-state index in [1.807, 2.05) is 27.0 Å². The van der Waals surface area contributed by atoms with Gasteiger partial charge in [-0.1, -0.05) is 0 Å². The third-order valence-corrected chi connectivity index (χ3v) is 4.23. The standard InChI is InChI=1S/C14H21N3O3S/c1-8-7-20-11(6-18)5-17(8)14(19)12-9(2)15-10(3)16-13(12)21-4/h8,11,18H,5-7H2,1-4H3. The van der Waals surface area contributed by atoms with Crippen LogP contribution in [0.1, 0.15) is 28.8 Å². The number of aryl methyl sites for hydroxylation is 2. The van der Waals surface area contributed by atoms with Crippen LogP contribution in [-0.2, 0) is 4.74 Å². The van der Waals surface area contributed by atoms with Gasteiger partial charge in [0.05, 0.1) is 36.6 Å². The summed E-state index contributed by atoms with van der Waals surface area (Å²) in [4.78, 5) is 23.3. The molecule has 0 radical (unpaired) electrons. The van der Waals surface area contributed by atoms with Gasteiger partial charge in [0.15, 0.2) is 0 Å². The maximum atomic E-state index is 12.9. The van der Waals surface area contributed by atoms with Gasteiger partial charge in [0.1, 0.15) is 10.9 Å². The Kier molecular flexibility index (Phi) is 5.18. The lowest BCUT2D eigenvalue weighted by atomic mass is 10.1. The van der Waals surface area contributed by atoms with Gasteiger partial charge in [0.25, 0.3) is 5.91 Å². The first-order chi connectivity index (χ1) is 9.97. The molecule has 2 unspecified atom stereocenters. The van der Waals surface area contributed by atoms with Crippen LogP contribution >= 0.6 is 11.8 Å². The molecule has 6 nitrogen and oxygen atoms in total. The molecule has 0 saturated carbocycles. The van der Waals surface area contributed by atoms with Crippen molar-refractivity contribution in [3.8, 4) is 0 Å². The van der Waals surface area contributed by atoms with Crippen LogP contribution in [0.2, 0.25) is 0 Å². The number of carbonyl (C=O) groups excluding carboxylic acids is 1. The number of thioether (sulfide) groups is 1. The SMILES string of the molecule is CSc1nc(C)nc(C)c1C(=O)N1CC(CO)OCC1C. The van der Waals surface area contributed by atoms with Crippen LogP contribution in [0.25, 0.3) is 0 Å². The Hall–Kier alpha value is -1.18. The second kappa shape index (κ2) is 6.72. The molecule has 0 spiro atoms.